The molecule has 0 aliphatic heterocycles. The molecule has 0 N–H and O–H groups in total. The molecule has 0 bridgehead atoms. The van der Waals surface area contributed by atoms with Crippen molar-refractivity contribution in [1.82, 2.24) is 4.57 Å². The summed E-state index contributed by atoms with van der Waals surface area (Å²) in [7, 11) is 0. The highest BCUT2D eigenvalue weighted by molar-refractivity contribution is 5.89. The quantitative estimate of drug-likeness (QED) is 0.801. The van der Waals surface area contributed by atoms with Crippen LogP contribution >= 0.6 is 0 Å². The van der Waals surface area contributed by atoms with Crippen LogP contribution in [-0.2, 0) is 11.2 Å². The van der Waals surface area contributed by atoms with Gasteiger partial charge in [0.2, 0.25) is 0 Å². The topological polar surface area (TPSA) is 48.3 Å². The Hall–Kier alpha value is -2.31. The molecule has 21 heavy (non-hydrogen) atoms. The number of carbonyl (C=O) groups is 1. The molecule has 2 aromatic rings. The Morgan fingerprint density at radius 3 is 2.48 bits per heavy atom. The van der Waals surface area contributed by atoms with Gasteiger partial charge in [0.15, 0.2) is 22.9 Å². The van der Waals surface area contributed by atoms with Crippen LogP contribution in [0.3, 0.4) is 0 Å². The van der Waals surface area contributed by atoms with E-state index in [9.17, 15) is 22.8 Å². The second kappa shape index (κ2) is 5.59. The van der Waals surface area contributed by atoms with E-state index in [2.05, 4.69) is 0 Å². The van der Waals surface area contributed by atoms with Gasteiger partial charge in [-0.2, -0.15) is 0 Å². The standard InChI is InChI=1S/C14H12F3NO3/c1-3-7-6-18(14(20)21-4-2)12-8(13(7)19)5-9(15)10(16)11(12)17/h5-6H,3-4H2,1-2H3. The van der Waals surface area contributed by atoms with E-state index in [1.165, 1.54) is 0 Å². The number of halogens is 3. The summed E-state index contributed by atoms with van der Waals surface area (Å²) < 4.78 is 46.1. The molecule has 2 rings (SSSR count). The van der Waals surface area contributed by atoms with Gasteiger partial charge < -0.3 is 4.74 Å². The predicted molar refractivity (Wildman–Crippen MR) is 69.9 cm³/mol. The van der Waals surface area contributed by atoms with Gasteiger partial charge in [-0.25, -0.2) is 22.5 Å². The number of ether oxygens (including phenoxy) is 1. The highest BCUT2D eigenvalue weighted by Gasteiger charge is 2.22. The normalized spacial score (nSPS) is 10.9. The Kier molecular flexibility index (Phi) is 4.02. The summed E-state index contributed by atoms with van der Waals surface area (Å²) in [5.41, 5.74) is -1.11. The zero-order chi connectivity index (χ0) is 15.7. The van der Waals surface area contributed by atoms with Crippen LogP contribution in [0.4, 0.5) is 18.0 Å². The molecule has 0 aliphatic carbocycles. The average Bonchev–Trinajstić information content (AvgIpc) is 2.46. The molecular formula is C14H12F3NO3. The fourth-order valence-corrected chi connectivity index (χ4v) is 2.03. The fourth-order valence-electron chi connectivity index (χ4n) is 2.03. The van der Waals surface area contributed by atoms with Crippen molar-refractivity contribution in [3.63, 3.8) is 0 Å². The van der Waals surface area contributed by atoms with Crippen molar-refractivity contribution in [2.75, 3.05) is 6.61 Å². The molecule has 0 aliphatic rings. The van der Waals surface area contributed by atoms with Crippen molar-refractivity contribution < 1.29 is 22.7 Å². The molecule has 0 spiro atoms. The molecule has 0 saturated heterocycles. The number of hydrogen-bond acceptors (Lipinski definition) is 3. The molecule has 0 radical (unpaired) electrons. The largest absolute Gasteiger partial charge is 0.449 e. The summed E-state index contributed by atoms with van der Waals surface area (Å²) in [4.78, 5) is 23.9. The average molecular weight is 299 g/mol. The third kappa shape index (κ3) is 2.39. The van der Waals surface area contributed by atoms with Gasteiger partial charge in [0.25, 0.3) is 0 Å². The summed E-state index contributed by atoms with van der Waals surface area (Å²) in [5, 5.41) is -0.404. The summed E-state index contributed by atoms with van der Waals surface area (Å²) >= 11 is 0. The minimum atomic E-state index is -1.75. The molecule has 1 aromatic carbocycles. The number of carbonyl (C=O) groups excluding carboxylic acids is 1. The smallest absolute Gasteiger partial charge is 0.418 e. The van der Waals surface area contributed by atoms with E-state index in [1.54, 1.807) is 13.8 Å². The van der Waals surface area contributed by atoms with Crippen LogP contribution in [0.1, 0.15) is 19.4 Å². The zero-order valence-electron chi connectivity index (χ0n) is 11.4. The SMILES string of the molecule is CCOC(=O)n1cc(CC)c(=O)c2cc(F)c(F)c(F)c21. The number of aromatic nitrogens is 1. The Balaban J connectivity index is 2.96. The Labute approximate surface area is 117 Å². The van der Waals surface area contributed by atoms with Crippen LogP contribution in [-0.4, -0.2) is 17.3 Å². The van der Waals surface area contributed by atoms with E-state index in [1.807, 2.05) is 0 Å². The zero-order valence-corrected chi connectivity index (χ0v) is 11.4. The molecule has 1 aromatic heterocycles. The summed E-state index contributed by atoms with van der Waals surface area (Å²) in [5.74, 6) is -4.83. The number of pyridine rings is 1. The van der Waals surface area contributed by atoms with Crippen molar-refractivity contribution in [1.29, 1.82) is 0 Å². The molecule has 0 atom stereocenters. The van der Waals surface area contributed by atoms with Gasteiger partial charge in [0, 0.05) is 11.8 Å². The van der Waals surface area contributed by atoms with Crippen LogP contribution in [0, 0.1) is 17.5 Å². The number of nitrogens with zero attached hydrogens (tertiary/aromatic N) is 1. The van der Waals surface area contributed by atoms with Crippen LogP contribution in [0.5, 0.6) is 0 Å². The molecule has 0 unspecified atom stereocenters. The van der Waals surface area contributed by atoms with Gasteiger partial charge in [-0.05, 0) is 19.4 Å². The van der Waals surface area contributed by atoms with Crippen molar-refractivity contribution in [3.05, 3.63) is 45.5 Å². The predicted octanol–water partition coefficient (Wildman–Crippen LogP) is 2.99. The number of benzene rings is 1. The summed E-state index contributed by atoms with van der Waals surface area (Å²) in [6.45, 7) is 3.20. The van der Waals surface area contributed by atoms with E-state index in [-0.39, 0.29) is 18.6 Å². The fraction of sp³-hybridized carbons (Fsp3) is 0.286. The van der Waals surface area contributed by atoms with Gasteiger partial charge >= 0.3 is 6.09 Å². The Morgan fingerprint density at radius 2 is 1.90 bits per heavy atom. The van der Waals surface area contributed by atoms with Crippen molar-refractivity contribution in [2.24, 2.45) is 0 Å². The van der Waals surface area contributed by atoms with E-state index in [0.717, 1.165) is 6.20 Å². The lowest BCUT2D eigenvalue weighted by atomic mass is 10.1. The molecule has 112 valence electrons. The highest BCUT2D eigenvalue weighted by Crippen LogP contribution is 2.22. The maximum absolute atomic E-state index is 14.0. The lowest BCUT2D eigenvalue weighted by molar-refractivity contribution is 0.154. The first kappa shape index (κ1) is 15.1. The molecule has 0 fully saturated rings. The highest BCUT2D eigenvalue weighted by atomic mass is 19.2. The summed E-state index contributed by atoms with van der Waals surface area (Å²) in [6, 6.07) is 0.588. The van der Waals surface area contributed by atoms with E-state index < -0.39 is 39.9 Å². The van der Waals surface area contributed by atoms with E-state index in [4.69, 9.17) is 4.74 Å². The second-order valence-electron chi connectivity index (χ2n) is 4.29. The Bertz CT molecular complexity index is 783. The minimum Gasteiger partial charge on any atom is -0.449 e. The number of rotatable bonds is 2. The molecule has 4 nitrogen and oxygen atoms in total. The maximum Gasteiger partial charge on any atom is 0.418 e. The first-order valence-corrected chi connectivity index (χ1v) is 6.31. The maximum atomic E-state index is 14.0. The van der Waals surface area contributed by atoms with Crippen molar-refractivity contribution in [3.8, 4) is 0 Å². The third-order valence-corrected chi connectivity index (χ3v) is 3.04. The molecular weight excluding hydrogens is 287 g/mol. The van der Waals surface area contributed by atoms with Gasteiger partial charge in [-0.3, -0.25) is 4.79 Å². The van der Waals surface area contributed by atoms with Crippen LogP contribution in [0.2, 0.25) is 0 Å². The monoisotopic (exact) mass is 299 g/mol. The number of hydrogen-bond donors (Lipinski definition) is 0. The first-order chi connectivity index (χ1) is 9.92. The van der Waals surface area contributed by atoms with Crippen LogP contribution in [0.15, 0.2) is 17.1 Å². The molecule has 0 saturated carbocycles. The van der Waals surface area contributed by atoms with Gasteiger partial charge in [0.05, 0.1) is 12.0 Å². The van der Waals surface area contributed by atoms with Gasteiger partial charge in [0.1, 0.15) is 5.52 Å². The molecule has 0 amide bonds. The Morgan fingerprint density at radius 1 is 1.24 bits per heavy atom. The van der Waals surface area contributed by atoms with Crippen molar-refractivity contribution >= 4 is 17.0 Å². The first-order valence-electron chi connectivity index (χ1n) is 6.31. The number of aryl methyl sites for hydroxylation is 1. The molecule has 1 heterocycles. The lowest BCUT2D eigenvalue weighted by Gasteiger charge is -2.12. The lowest BCUT2D eigenvalue weighted by Crippen LogP contribution is -2.22. The van der Waals surface area contributed by atoms with E-state index in [0.29, 0.717) is 10.6 Å². The van der Waals surface area contributed by atoms with Gasteiger partial charge in [-0.1, -0.05) is 6.92 Å². The minimum absolute atomic E-state index is 0.0131. The van der Waals surface area contributed by atoms with Gasteiger partial charge in [-0.15, -0.1) is 0 Å². The van der Waals surface area contributed by atoms with Crippen LogP contribution < -0.4 is 5.43 Å². The number of fused-ring (bicyclic) bond motifs is 1. The van der Waals surface area contributed by atoms with Crippen molar-refractivity contribution in [2.45, 2.75) is 20.3 Å². The van der Waals surface area contributed by atoms with E-state index >= 15 is 0 Å². The van der Waals surface area contributed by atoms with Crippen LogP contribution in [0.25, 0.3) is 10.9 Å². The molecule has 7 heteroatoms. The second-order valence-corrected chi connectivity index (χ2v) is 4.29. The third-order valence-electron chi connectivity index (χ3n) is 3.04. The summed E-state index contributed by atoms with van der Waals surface area (Å²) in [6.07, 6.45) is 0.361.